The third-order valence-electron chi connectivity index (χ3n) is 3.95. The lowest BCUT2D eigenvalue weighted by atomic mass is 10.0. The predicted octanol–water partition coefficient (Wildman–Crippen LogP) is 3.76. The third kappa shape index (κ3) is 3.39. The number of hydrazone groups is 1. The van der Waals surface area contributed by atoms with Gasteiger partial charge in [0.2, 0.25) is 0 Å². The van der Waals surface area contributed by atoms with E-state index in [-0.39, 0.29) is 0 Å². The number of halogens is 2. The summed E-state index contributed by atoms with van der Waals surface area (Å²) in [6, 6.07) is 5.75. The van der Waals surface area contributed by atoms with Crippen LogP contribution < -0.4 is 10.7 Å². The third-order valence-corrected chi connectivity index (χ3v) is 4.82. The lowest BCUT2D eigenvalue weighted by Gasteiger charge is -2.20. The second kappa shape index (κ2) is 6.34. The van der Waals surface area contributed by atoms with E-state index in [2.05, 4.69) is 28.0 Å². The predicted molar refractivity (Wildman–Crippen MR) is 92.1 cm³/mol. The molecule has 2 aliphatic rings. The maximum atomic E-state index is 6.07. The Morgan fingerprint density at radius 2 is 2.00 bits per heavy atom. The summed E-state index contributed by atoms with van der Waals surface area (Å²) in [5, 5.41) is 9.07. The summed E-state index contributed by atoms with van der Waals surface area (Å²) in [5.41, 5.74) is 3.50. The van der Waals surface area contributed by atoms with Crippen molar-refractivity contribution in [3.63, 3.8) is 0 Å². The Hall–Kier alpha value is -1.10. The molecule has 0 unspecified atom stereocenters. The highest BCUT2D eigenvalue weighted by Gasteiger charge is 2.35. The van der Waals surface area contributed by atoms with Gasteiger partial charge in [-0.15, -0.1) is 0 Å². The first-order valence-corrected chi connectivity index (χ1v) is 8.02. The molecule has 0 aromatic heterocycles. The van der Waals surface area contributed by atoms with Gasteiger partial charge in [0, 0.05) is 11.6 Å². The largest absolute Gasteiger partial charge is 0.358 e. The quantitative estimate of drug-likeness (QED) is 0.381. The number of hydrogen-bond donors (Lipinski definition) is 2. The average molecular weight is 340 g/mol. The Morgan fingerprint density at radius 1 is 1.24 bits per heavy atom. The van der Waals surface area contributed by atoms with E-state index < -0.39 is 0 Å². The van der Waals surface area contributed by atoms with Gasteiger partial charge in [0.15, 0.2) is 5.11 Å². The number of nitrogens with zero attached hydrogens (tertiary/aromatic N) is 1. The molecular weight excluding hydrogens is 325 g/mol. The number of allylic oxidation sites excluding steroid dienone is 1. The average Bonchev–Trinajstić information content (AvgIpc) is 3.04. The second-order valence-electron chi connectivity index (χ2n) is 5.37. The van der Waals surface area contributed by atoms with Crippen molar-refractivity contribution in [2.45, 2.75) is 18.9 Å². The highest BCUT2D eigenvalue weighted by Crippen LogP contribution is 2.38. The van der Waals surface area contributed by atoms with Crippen LogP contribution in [0.15, 0.2) is 35.5 Å². The Labute approximate surface area is 139 Å². The molecule has 1 fully saturated rings. The fourth-order valence-electron chi connectivity index (χ4n) is 2.94. The van der Waals surface area contributed by atoms with Crippen molar-refractivity contribution >= 4 is 46.7 Å². The molecule has 0 aliphatic heterocycles. The molecule has 0 heterocycles. The molecule has 1 saturated carbocycles. The summed E-state index contributed by atoms with van der Waals surface area (Å²) >= 11 is 17.4. The minimum Gasteiger partial charge on any atom is -0.358 e. The van der Waals surface area contributed by atoms with Gasteiger partial charge in [-0.1, -0.05) is 41.4 Å². The minimum atomic E-state index is 0.416. The summed E-state index contributed by atoms with van der Waals surface area (Å²) in [6.45, 7) is 0. The van der Waals surface area contributed by atoms with Gasteiger partial charge in [-0.25, -0.2) is 0 Å². The van der Waals surface area contributed by atoms with Gasteiger partial charge >= 0.3 is 0 Å². The van der Waals surface area contributed by atoms with Crippen LogP contribution in [0.4, 0.5) is 0 Å². The smallest absolute Gasteiger partial charge is 0.187 e. The number of benzene rings is 1. The number of fused-ring (bicyclic) bond motifs is 2. The van der Waals surface area contributed by atoms with Crippen molar-refractivity contribution in [2.24, 2.45) is 16.9 Å². The first kappa shape index (κ1) is 14.8. The minimum absolute atomic E-state index is 0.416. The molecule has 1 aromatic rings. The monoisotopic (exact) mass is 339 g/mol. The maximum Gasteiger partial charge on any atom is 0.187 e. The van der Waals surface area contributed by atoms with Crippen LogP contribution >= 0.6 is 35.4 Å². The van der Waals surface area contributed by atoms with Crippen LogP contribution in [0.1, 0.15) is 18.4 Å². The fraction of sp³-hybridized carbons (Fsp3) is 0.333. The Balaban J connectivity index is 1.54. The standard InChI is InChI=1S/C15H15Cl2N3S/c16-12-2-1-3-13(17)11(12)8-18-20-15(21)19-14-7-9-4-5-10(14)6-9/h1-5,8-10,14H,6-7H2,(H2,19,20,21)/b18-8-/t9-,10+,14+/m0/s1. The van der Waals surface area contributed by atoms with Crippen molar-refractivity contribution in [3.8, 4) is 0 Å². The van der Waals surface area contributed by atoms with E-state index in [9.17, 15) is 0 Å². The maximum absolute atomic E-state index is 6.07. The van der Waals surface area contributed by atoms with E-state index in [1.807, 2.05) is 0 Å². The van der Waals surface area contributed by atoms with Crippen molar-refractivity contribution in [1.29, 1.82) is 0 Å². The molecule has 2 N–H and O–H groups in total. The Bertz CT molecular complexity index is 595. The van der Waals surface area contributed by atoms with Gasteiger partial charge in [-0.3, -0.25) is 5.43 Å². The van der Waals surface area contributed by atoms with Gasteiger partial charge in [0.25, 0.3) is 0 Å². The summed E-state index contributed by atoms with van der Waals surface area (Å²) < 4.78 is 0. The van der Waals surface area contributed by atoms with Crippen molar-refractivity contribution in [3.05, 3.63) is 46.0 Å². The molecule has 3 rings (SSSR count). The second-order valence-corrected chi connectivity index (χ2v) is 6.59. The zero-order valence-corrected chi connectivity index (χ0v) is 13.6. The molecule has 0 saturated heterocycles. The zero-order valence-electron chi connectivity index (χ0n) is 11.2. The van der Waals surface area contributed by atoms with Crippen LogP contribution in [0.5, 0.6) is 0 Å². The van der Waals surface area contributed by atoms with Gasteiger partial charge in [-0.05, 0) is 49.0 Å². The zero-order chi connectivity index (χ0) is 14.8. The Morgan fingerprint density at radius 3 is 2.62 bits per heavy atom. The molecule has 0 radical (unpaired) electrons. The van der Waals surface area contributed by atoms with Gasteiger partial charge in [0.05, 0.1) is 16.3 Å². The molecule has 2 aliphatic carbocycles. The van der Waals surface area contributed by atoms with E-state index in [1.165, 1.54) is 6.42 Å². The molecule has 6 heteroatoms. The fourth-order valence-corrected chi connectivity index (χ4v) is 3.64. The summed E-state index contributed by atoms with van der Waals surface area (Å²) in [5.74, 6) is 1.30. The number of thiocarbonyl (C=S) groups is 1. The van der Waals surface area contributed by atoms with Gasteiger partial charge < -0.3 is 5.32 Å². The molecular formula is C15H15Cl2N3S. The molecule has 0 spiro atoms. The van der Waals surface area contributed by atoms with Gasteiger partial charge in [0.1, 0.15) is 0 Å². The van der Waals surface area contributed by atoms with Crippen molar-refractivity contribution in [1.82, 2.24) is 10.7 Å². The summed E-state index contributed by atoms with van der Waals surface area (Å²) in [4.78, 5) is 0. The highest BCUT2D eigenvalue weighted by molar-refractivity contribution is 7.80. The molecule has 21 heavy (non-hydrogen) atoms. The number of hydrogen-bond acceptors (Lipinski definition) is 2. The van der Waals surface area contributed by atoms with E-state index in [1.54, 1.807) is 24.4 Å². The molecule has 110 valence electrons. The lowest BCUT2D eigenvalue weighted by molar-refractivity contribution is 0.521. The van der Waals surface area contributed by atoms with Gasteiger partial charge in [-0.2, -0.15) is 5.10 Å². The molecule has 3 atom stereocenters. The van der Waals surface area contributed by atoms with Crippen LogP contribution in [-0.4, -0.2) is 17.4 Å². The van der Waals surface area contributed by atoms with Crippen molar-refractivity contribution in [2.75, 3.05) is 0 Å². The first-order valence-electron chi connectivity index (χ1n) is 6.85. The van der Waals surface area contributed by atoms with Crippen LogP contribution in [0.2, 0.25) is 10.0 Å². The van der Waals surface area contributed by atoms with Crippen LogP contribution in [0.25, 0.3) is 0 Å². The molecule has 3 nitrogen and oxygen atoms in total. The number of nitrogens with one attached hydrogen (secondary N) is 2. The van der Waals surface area contributed by atoms with E-state index in [4.69, 9.17) is 35.4 Å². The number of rotatable bonds is 3. The van der Waals surface area contributed by atoms with E-state index >= 15 is 0 Å². The molecule has 0 amide bonds. The summed E-state index contributed by atoms with van der Waals surface area (Å²) in [7, 11) is 0. The van der Waals surface area contributed by atoms with Crippen molar-refractivity contribution < 1.29 is 0 Å². The van der Waals surface area contributed by atoms with Crippen LogP contribution in [0.3, 0.4) is 0 Å². The highest BCUT2D eigenvalue weighted by atomic mass is 35.5. The molecule has 2 bridgehead atoms. The summed E-state index contributed by atoms with van der Waals surface area (Å²) in [6.07, 6.45) is 8.54. The topological polar surface area (TPSA) is 36.4 Å². The van der Waals surface area contributed by atoms with Crippen LogP contribution in [0, 0.1) is 11.8 Å². The molecule has 1 aromatic carbocycles. The Kier molecular flexibility index (Phi) is 4.48. The van der Waals surface area contributed by atoms with Crippen LogP contribution in [-0.2, 0) is 0 Å². The lowest BCUT2D eigenvalue weighted by Crippen LogP contribution is -2.42. The van der Waals surface area contributed by atoms with E-state index in [0.29, 0.717) is 38.6 Å². The SMILES string of the molecule is S=C(N/N=C\c1c(Cl)cccc1Cl)N[C@@H]1C[C@H]2C=C[C@@H]1C2. The normalized spacial score (nSPS) is 26.5. The first-order chi connectivity index (χ1) is 10.1. The van der Waals surface area contributed by atoms with E-state index in [0.717, 1.165) is 6.42 Å².